The number of carbonyl (C=O) groups excluding carboxylic acids is 2. The van der Waals surface area contributed by atoms with Crippen molar-refractivity contribution in [3.05, 3.63) is 12.7 Å². The highest BCUT2D eigenvalue weighted by Gasteiger charge is 2.31. The normalized spacial score (nSPS) is 20.0. The van der Waals surface area contributed by atoms with Gasteiger partial charge in [0, 0.05) is 12.8 Å². The number of ketones is 2. The van der Waals surface area contributed by atoms with E-state index in [0.29, 0.717) is 19.3 Å². The van der Waals surface area contributed by atoms with Crippen LogP contribution in [0.2, 0.25) is 0 Å². The van der Waals surface area contributed by atoms with Crippen LogP contribution in [-0.2, 0) is 9.59 Å². The van der Waals surface area contributed by atoms with Crippen molar-refractivity contribution in [3.8, 4) is 0 Å². The van der Waals surface area contributed by atoms with Gasteiger partial charge in [-0.1, -0.05) is 6.08 Å². The third kappa shape index (κ3) is 1.15. The van der Waals surface area contributed by atoms with Crippen LogP contribution in [0.4, 0.5) is 0 Å². The Morgan fingerprint density at radius 1 is 1.40 bits per heavy atom. The Balaban J connectivity index is 2.62. The zero-order valence-corrected chi connectivity index (χ0v) is 5.80. The topological polar surface area (TPSA) is 34.1 Å². The summed E-state index contributed by atoms with van der Waals surface area (Å²) in [5.74, 6) is -0.174. The predicted octanol–water partition coefficient (Wildman–Crippen LogP) is 1.11. The van der Waals surface area contributed by atoms with Gasteiger partial charge in [0.05, 0.1) is 5.92 Å². The van der Waals surface area contributed by atoms with E-state index < -0.39 is 0 Å². The molecule has 1 fully saturated rings. The van der Waals surface area contributed by atoms with E-state index in [9.17, 15) is 9.59 Å². The fourth-order valence-corrected chi connectivity index (χ4v) is 1.20. The Kier molecular flexibility index (Phi) is 2.00. The van der Waals surface area contributed by atoms with Crippen LogP contribution < -0.4 is 0 Å². The van der Waals surface area contributed by atoms with Crippen molar-refractivity contribution >= 4 is 11.6 Å². The van der Waals surface area contributed by atoms with Gasteiger partial charge < -0.3 is 0 Å². The summed E-state index contributed by atoms with van der Waals surface area (Å²) < 4.78 is 0. The van der Waals surface area contributed by atoms with Crippen LogP contribution in [0.15, 0.2) is 12.7 Å². The number of hydrogen-bond acceptors (Lipinski definition) is 2. The van der Waals surface area contributed by atoms with Crippen LogP contribution in [0.5, 0.6) is 0 Å². The molecule has 0 N–H and O–H groups in total. The molecule has 0 unspecified atom stereocenters. The molecule has 0 aromatic rings. The predicted molar refractivity (Wildman–Crippen MR) is 37.6 cm³/mol. The summed E-state index contributed by atoms with van der Waals surface area (Å²) in [6.45, 7) is 3.49. The summed E-state index contributed by atoms with van der Waals surface area (Å²) in [5.41, 5.74) is 0. The lowest BCUT2D eigenvalue weighted by atomic mass is 10.0. The molecule has 2 heteroatoms. The van der Waals surface area contributed by atoms with Gasteiger partial charge in [-0.25, -0.2) is 0 Å². The van der Waals surface area contributed by atoms with E-state index in [-0.39, 0.29) is 17.5 Å². The van der Waals surface area contributed by atoms with Gasteiger partial charge in [0.2, 0.25) is 0 Å². The highest BCUT2D eigenvalue weighted by molar-refractivity contribution is 6.08. The molecule has 0 saturated heterocycles. The van der Waals surface area contributed by atoms with Gasteiger partial charge in [-0.2, -0.15) is 0 Å². The first-order valence-electron chi connectivity index (χ1n) is 3.42. The minimum atomic E-state index is -0.350. The minimum absolute atomic E-state index is 0.0879. The average Bonchev–Trinajstić information content (AvgIpc) is 2.20. The highest BCUT2D eigenvalue weighted by Crippen LogP contribution is 2.20. The Labute approximate surface area is 59.9 Å². The monoisotopic (exact) mass is 138 g/mol. The first-order valence-corrected chi connectivity index (χ1v) is 3.42. The zero-order valence-electron chi connectivity index (χ0n) is 5.80. The molecule has 0 aliphatic heterocycles. The van der Waals surface area contributed by atoms with Crippen LogP contribution >= 0.6 is 0 Å². The number of rotatable bonds is 2. The molecule has 0 aromatic heterocycles. The number of allylic oxidation sites excluding steroid dienone is 1. The summed E-state index contributed by atoms with van der Waals surface area (Å²) in [6.07, 6.45) is 3.04. The highest BCUT2D eigenvalue weighted by atomic mass is 16.2. The molecule has 1 aliphatic carbocycles. The van der Waals surface area contributed by atoms with Crippen molar-refractivity contribution < 1.29 is 9.59 Å². The van der Waals surface area contributed by atoms with Crippen LogP contribution in [0.25, 0.3) is 0 Å². The number of Topliss-reactive ketones (excluding diaryl/α,β-unsaturated/α-hetero) is 2. The molecule has 0 bridgehead atoms. The largest absolute Gasteiger partial charge is 0.299 e. The molecule has 1 saturated carbocycles. The molecule has 0 spiro atoms. The van der Waals surface area contributed by atoms with Gasteiger partial charge in [-0.05, 0) is 6.42 Å². The third-order valence-electron chi connectivity index (χ3n) is 1.80. The van der Waals surface area contributed by atoms with E-state index in [1.807, 2.05) is 0 Å². The molecular formula is C8H10O2. The summed E-state index contributed by atoms with van der Waals surface area (Å²) >= 11 is 0. The van der Waals surface area contributed by atoms with Crippen molar-refractivity contribution in [3.63, 3.8) is 0 Å². The standard InChI is InChI=1S/C8H10O2/c1-2-3-6-7(9)4-5-8(6)10/h2,6H,1,3-5H2. The molecule has 1 aliphatic rings. The maximum Gasteiger partial charge on any atom is 0.144 e. The Morgan fingerprint density at radius 2 is 1.90 bits per heavy atom. The van der Waals surface area contributed by atoms with Gasteiger partial charge in [0.1, 0.15) is 11.6 Å². The Bertz CT molecular complexity index is 166. The molecule has 54 valence electrons. The van der Waals surface area contributed by atoms with Gasteiger partial charge in [0.25, 0.3) is 0 Å². The van der Waals surface area contributed by atoms with E-state index in [4.69, 9.17) is 0 Å². The number of carbonyl (C=O) groups is 2. The van der Waals surface area contributed by atoms with E-state index in [2.05, 4.69) is 6.58 Å². The number of hydrogen-bond donors (Lipinski definition) is 0. The zero-order chi connectivity index (χ0) is 7.56. The molecule has 0 atom stereocenters. The summed E-state index contributed by atoms with van der Waals surface area (Å²) in [4.78, 5) is 21.8. The van der Waals surface area contributed by atoms with Gasteiger partial charge in [-0.3, -0.25) is 9.59 Å². The lowest BCUT2D eigenvalue weighted by Gasteiger charge is -1.99. The quantitative estimate of drug-likeness (QED) is 0.423. The average molecular weight is 138 g/mol. The van der Waals surface area contributed by atoms with Gasteiger partial charge >= 0.3 is 0 Å². The van der Waals surface area contributed by atoms with Crippen LogP contribution in [0.1, 0.15) is 19.3 Å². The van der Waals surface area contributed by atoms with Crippen molar-refractivity contribution in [2.75, 3.05) is 0 Å². The minimum Gasteiger partial charge on any atom is -0.299 e. The fourth-order valence-electron chi connectivity index (χ4n) is 1.20. The van der Waals surface area contributed by atoms with E-state index >= 15 is 0 Å². The first kappa shape index (κ1) is 7.19. The lowest BCUT2D eigenvalue weighted by molar-refractivity contribution is -0.126. The first-order chi connectivity index (χ1) is 4.75. The van der Waals surface area contributed by atoms with Crippen LogP contribution in [0.3, 0.4) is 0 Å². The SMILES string of the molecule is C=CCC1C(=O)CCC1=O. The van der Waals surface area contributed by atoms with Crippen molar-refractivity contribution in [2.45, 2.75) is 19.3 Å². The maximum atomic E-state index is 10.9. The van der Waals surface area contributed by atoms with Crippen molar-refractivity contribution in [1.82, 2.24) is 0 Å². The molecular weight excluding hydrogens is 128 g/mol. The maximum absolute atomic E-state index is 10.9. The third-order valence-corrected chi connectivity index (χ3v) is 1.80. The molecule has 10 heavy (non-hydrogen) atoms. The summed E-state index contributed by atoms with van der Waals surface area (Å²) in [7, 11) is 0. The smallest absolute Gasteiger partial charge is 0.144 e. The summed E-state index contributed by atoms with van der Waals surface area (Å²) in [6, 6.07) is 0. The molecule has 0 radical (unpaired) electrons. The molecule has 2 nitrogen and oxygen atoms in total. The summed E-state index contributed by atoms with van der Waals surface area (Å²) in [5, 5.41) is 0. The van der Waals surface area contributed by atoms with Crippen molar-refractivity contribution in [2.24, 2.45) is 5.92 Å². The van der Waals surface area contributed by atoms with Gasteiger partial charge in [0.15, 0.2) is 0 Å². The molecule has 1 rings (SSSR count). The van der Waals surface area contributed by atoms with Crippen LogP contribution in [0, 0.1) is 5.92 Å². The van der Waals surface area contributed by atoms with E-state index in [0.717, 1.165) is 0 Å². The fraction of sp³-hybridized carbons (Fsp3) is 0.500. The second-order valence-electron chi connectivity index (χ2n) is 2.51. The molecule has 0 heterocycles. The molecule has 0 amide bonds. The Morgan fingerprint density at radius 3 is 2.30 bits per heavy atom. The van der Waals surface area contributed by atoms with Gasteiger partial charge in [-0.15, -0.1) is 6.58 Å². The van der Waals surface area contributed by atoms with Crippen molar-refractivity contribution in [1.29, 1.82) is 0 Å². The lowest BCUT2D eigenvalue weighted by Crippen LogP contribution is -2.12. The second-order valence-corrected chi connectivity index (χ2v) is 2.51. The second kappa shape index (κ2) is 2.78. The van der Waals surface area contributed by atoms with E-state index in [1.54, 1.807) is 6.08 Å². The van der Waals surface area contributed by atoms with E-state index in [1.165, 1.54) is 0 Å². The Hall–Kier alpha value is -0.920. The molecule has 0 aromatic carbocycles. The van der Waals surface area contributed by atoms with Crippen LogP contribution in [-0.4, -0.2) is 11.6 Å².